The minimum atomic E-state index is -1.05. The number of carboxylic acids is 1. The Morgan fingerprint density at radius 1 is 1.19 bits per heavy atom. The molecule has 6 heteroatoms. The molecular formula is C30H38Cl2O4. The molecule has 0 unspecified atom stereocenters. The van der Waals surface area contributed by atoms with Crippen molar-refractivity contribution in [3.05, 3.63) is 75.3 Å². The van der Waals surface area contributed by atoms with Gasteiger partial charge in [0.2, 0.25) is 0 Å². The van der Waals surface area contributed by atoms with Crippen molar-refractivity contribution in [2.75, 3.05) is 6.61 Å². The topological polar surface area (TPSA) is 55.8 Å². The molecule has 2 aromatic rings. The first-order chi connectivity index (χ1) is 16.9. The Balaban J connectivity index is 2.12. The molecular weight excluding hydrogens is 495 g/mol. The van der Waals surface area contributed by atoms with Crippen LogP contribution >= 0.6 is 23.2 Å². The second-order valence-corrected chi connectivity index (χ2v) is 11.7. The minimum Gasteiger partial charge on any atom is -0.480 e. The highest BCUT2D eigenvalue weighted by atomic mass is 35.5. The SMILES string of the molecule is C=C(C)[C@@H]1C[C@H](c2ccc(Cl)cc2)[C@H](CCCC)O[C@@H]1c1cc(C(C)(C)C)cc(Cl)c1OCC(=O)O. The summed E-state index contributed by atoms with van der Waals surface area (Å²) < 4.78 is 12.7. The number of unbranched alkanes of at least 4 members (excludes halogenated alkanes) is 1. The van der Waals surface area contributed by atoms with E-state index in [0.717, 1.165) is 42.4 Å². The Labute approximate surface area is 225 Å². The number of aliphatic carboxylic acids is 1. The zero-order chi connectivity index (χ0) is 26.6. The summed E-state index contributed by atoms with van der Waals surface area (Å²) >= 11 is 12.9. The van der Waals surface area contributed by atoms with Crippen LogP contribution in [-0.2, 0) is 14.9 Å². The molecule has 0 radical (unpaired) electrons. The third kappa shape index (κ3) is 6.85. The van der Waals surface area contributed by atoms with Crippen LogP contribution in [0, 0.1) is 5.92 Å². The molecule has 1 N–H and O–H groups in total. The fourth-order valence-corrected chi connectivity index (χ4v) is 5.36. The van der Waals surface area contributed by atoms with Crippen molar-refractivity contribution in [3.8, 4) is 5.75 Å². The first kappa shape index (κ1) is 28.6. The van der Waals surface area contributed by atoms with Crippen molar-refractivity contribution in [2.24, 2.45) is 5.92 Å². The number of benzene rings is 2. The number of carbonyl (C=O) groups is 1. The van der Waals surface area contributed by atoms with Crippen LogP contribution in [0.4, 0.5) is 0 Å². The van der Waals surface area contributed by atoms with Crippen LogP contribution in [0.15, 0.2) is 48.6 Å². The average molecular weight is 534 g/mol. The van der Waals surface area contributed by atoms with Crippen molar-refractivity contribution in [1.29, 1.82) is 0 Å². The van der Waals surface area contributed by atoms with E-state index in [2.05, 4.69) is 52.5 Å². The molecule has 196 valence electrons. The average Bonchev–Trinajstić information content (AvgIpc) is 2.80. The zero-order valence-corrected chi connectivity index (χ0v) is 23.5. The van der Waals surface area contributed by atoms with E-state index in [4.69, 9.17) is 32.7 Å². The quantitative estimate of drug-likeness (QED) is 0.328. The van der Waals surface area contributed by atoms with Gasteiger partial charge in [0.1, 0.15) is 5.75 Å². The summed E-state index contributed by atoms with van der Waals surface area (Å²) in [6.07, 6.45) is 3.52. The third-order valence-corrected chi connectivity index (χ3v) is 7.53. The molecule has 1 aliphatic rings. The molecule has 0 amide bonds. The lowest BCUT2D eigenvalue weighted by Crippen LogP contribution is -2.36. The fraction of sp³-hybridized carbons (Fsp3) is 0.500. The van der Waals surface area contributed by atoms with Crippen LogP contribution < -0.4 is 4.74 Å². The second kappa shape index (κ2) is 12.0. The maximum atomic E-state index is 11.3. The molecule has 1 aliphatic heterocycles. The predicted octanol–water partition coefficient (Wildman–Crippen LogP) is 8.75. The lowest BCUT2D eigenvalue weighted by molar-refractivity contribution is -0.139. The van der Waals surface area contributed by atoms with Crippen molar-refractivity contribution >= 4 is 29.2 Å². The summed E-state index contributed by atoms with van der Waals surface area (Å²) in [5.74, 6) is -0.484. The van der Waals surface area contributed by atoms with Crippen molar-refractivity contribution in [3.63, 3.8) is 0 Å². The van der Waals surface area contributed by atoms with Gasteiger partial charge in [-0.1, -0.05) is 88.0 Å². The summed E-state index contributed by atoms with van der Waals surface area (Å²) in [6, 6.07) is 12.0. The normalized spacial score (nSPS) is 22.3. The van der Waals surface area contributed by atoms with Gasteiger partial charge >= 0.3 is 5.97 Å². The lowest BCUT2D eigenvalue weighted by Gasteiger charge is -2.43. The number of halogens is 2. The maximum Gasteiger partial charge on any atom is 0.341 e. The summed E-state index contributed by atoms with van der Waals surface area (Å²) in [4.78, 5) is 11.3. The van der Waals surface area contributed by atoms with E-state index in [1.54, 1.807) is 0 Å². The molecule has 0 bridgehead atoms. The predicted molar refractivity (Wildman–Crippen MR) is 148 cm³/mol. The summed E-state index contributed by atoms with van der Waals surface area (Å²) in [5.41, 5.74) is 3.88. The van der Waals surface area contributed by atoms with Gasteiger partial charge in [-0.05, 0) is 60.6 Å². The molecule has 0 aromatic heterocycles. The van der Waals surface area contributed by atoms with Crippen LogP contribution in [0.5, 0.6) is 5.75 Å². The van der Waals surface area contributed by atoms with Crippen LogP contribution in [0.25, 0.3) is 0 Å². The van der Waals surface area contributed by atoms with Gasteiger partial charge in [-0.3, -0.25) is 0 Å². The standard InChI is InChI=1S/C30H38Cl2O4/c1-7-8-9-26-23(19-10-12-21(31)13-11-19)16-22(18(2)3)28(36-26)24-14-20(30(4,5)6)15-25(32)29(24)35-17-27(33)34/h10-15,22-23,26,28H,2,7-9,16-17H2,1,3-6H3,(H,33,34)/t22-,23+,26-,28-/m0/s1. The first-order valence-electron chi connectivity index (χ1n) is 12.7. The maximum absolute atomic E-state index is 11.3. The van der Waals surface area contributed by atoms with Gasteiger partial charge < -0.3 is 14.6 Å². The smallest absolute Gasteiger partial charge is 0.341 e. The van der Waals surface area contributed by atoms with Gasteiger partial charge in [-0.2, -0.15) is 0 Å². The van der Waals surface area contributed by atoms with Crippen molar-refractivity contribution < 1.29 is 19.4 Å². The van der Waals surface area contributed by atoms with E-state index < -0.39 is 12.6 Å². The van der Waals surface area contributed by atoms with E-state index in [-0.39, 0.29) is 29.5 Å². The van der Waals surface area contributed by atoms with Crippen LogP contribution in [-0.4, -0.2) is 23.8 Å². The highest BCUT2D eigenvalue weighted by molar-refractivity contribution is 6.32. The molecule has 0 saturated carbocycles. The van der Waals surface area contributed by atoms with Gasteiger partial charge in [0, 0.05) is 22.4 Å². The Morgan fingerprint density at radius 2 is 1.86 bits per heavy atom. The molecule has 1 saturated heterocycles. The Bertz CT molecular complexity index is 1070. The highest BCUT2D eigenvalue weighted by Gasteiger charge is 2.41. The summed E-state index contributed by atoms with van der Waals surface area (Å²) in [7, 11) is 0. The van der Waals surface area contributed by atoms with Gasteiger partial charge in [0.15, 0.2) is 6.61 Å². The monoisotopic (exact) mass is 532 g/mol. The Morgan fingerprint density at radius 3 is 2.42 bits per heavy atom. The van der Waals surface area contributed by atoms with Crippen LogP contribution in [0.1, 0.15) is 89.0 Å². The molecule has 3 rings (SSSR count). The van der Waals surface area contributed by atoms with Crippen LogP contribution in [0.2, 0.25) is 10.0 Å². The molecule has 4 nitrogen and oxygen atoms in total. The number of carboxylic acid groups (broad SMARTS) is 1. The largest absolute Gasteiger partial charge is 0.480 e. The fourth-order valence-electron chi connectivity index (χ4n) is 4.96. The van der Waals surface area contributed by atoms with Gasteiger partial charge in [-0.15, -0.1) is 0 Å². The van der Waals surface area contributed by atoms with Crippen molar-refractivity contribution in [2.45, 2.75) is 83.8 Å². The minimum absolute atomic E-state index is 0.00187. The van der Waals surface area contributed by atoms with E-state index >= 15 is 0 Å². The molecule has 1 fully saturated rings. The molecule has 2 aromatic carbocycles. The second-order valence-electron chi connectivity index (χ2n) is 10.9. The summed E-state index contributed by atoms with van der Waals surface area (Å²) in [5, 5.41) is 10.4. The van der Waals surface area contributed by atoms with Gasteiger partial charge in [-0.25, -0.2) is 4.79 Å². The van der Waals surface area contributed by atoms with Gasteiger partial charge in [0.05, 0.1) is 17.2 Å². The molecule has 0 aliphatic carbocycles. The third-order valence-electron chi connectivity index (χ3n) is 7.00. The van der Waals surface area contributed by atoms with E-state index in [9.17, 15) is 9.90 Å². The molecule has 1 heterocycles. The Kier molecular flexibility index (Phi) is 9.54. The summed E-state index contributed by atoms with van der Waals surface area (Å²) in [6.45, 7) is 14.4. The highest BCUT2D eigenvalue weighted by Crippen LogP contribution is 2.51. The van der Waals surface area contributed by atoms with E-state index in [1.165, 1.54) is 5.56 Å². The Hall–Kier alpha value is -2.01. The van der Waals surface area contributed by atoms with E-state index in [1.807, 2.05) is 25.1 Å². The molecule has 0 spiro atoms. The van der Waals surface area contributed by atoms with E-state index in [0.29, 0.717) is 15.8 Å². The number of ether oxygens (including phenoxy) is 2. The molecule has 4 atom stereocenters. The molecule has 36 heavy (non-hydrogen) atoms. The number of hydrogen-bond donors (Lipinski definition) is 1. The van der Waals surface area contributed by atoms with Crippen molar-refractivity contribution in [1.82, 2.24) is 0 Å². The number of rotatable bonds is 9. The zero-order valence-electron chi connectivity index (χ0n) is 21.9. The first-order valence-corrected chi connectivity index (χ1v) is 13.4. The number of hydrogen-bond acceptors (Lipinski definition) is 3. The lowest BCUT2D eigenvalue weighted by atomic mass is 9.74. The van der Waals surface area contributed by atoms with Crippen LogP contribution in [0.3, 0.4) is 0 Å². The van der Waals surface area contributed by atoms with Gasteiger partial charge in [0.25, 0.3) is 0 Å².